The molecule has 1 aliphatic rings. The van der Waals surface area contributed by atoms with Crippen molar-refractivity contribution < 1.29 is 4.79 Å². The van der Waals surface area contributed by atoms with Gasteiger partial charge in [-0.1, -0.05) is 0 Å². The van der Waals surface area contributed by atoms with Gasteiger partial charge in [-0.05, 0) is 56.7 Å². The Hall–Kier alpha value is -1.42. The summed E-state index contributed by atoms with van der Waals surface area (Å²) in [5.41, 5.74) is 7.50. The molecule has 0 saturated heterocycles. The molecule has 0 atom stereocenters. The van der Waals surface area contributed by atoms with Gasteiger partial charge in [-0.2, -0.15) is 0 Å². The summed E-state index contributed by atoms with van der Waals surface area (Å²) in [6.45, 7) is 2.71. The Bertz CT molecular complexity index is 411. The van der Waals surface area contributed by atoms with E-state index in [1.807, 2.05) is 13.0 Å². The Balaban J connectivity index is 1.89. The second-order valence-electron chi connectivity index (χ2n) is 5.19. The highest BCUT2D eigenvalue weighted by Crippen LogP contribution is 2.28. The molecule has 0 spiro atoms. The molecule has 0 aliphatic heterocycles. The fraction of sp³-hybridized carbons (Fsp3) is 0.571. The Kier molecular flexibility index (Phi) is 4.31. The van der Waals surface area contributed by atoms with Gasteiger partial charge in [0.2, 0.25) is 5.91 Å². The molecule has 1 amide bonds. The molecular formula is C14H21N3O. The highest BCUT2D eigenvalue weighted by molar-refractivity contribution is 5.92. The number of hydrogen-bond acceptors (Lipinski definition) is 3. The van der Waals surface area contributed by atoms with Crippen molar-refractivity contribution in [3.05, 3.63) is 24.0 Å². The van der Waals surface area contributed by atoms with Gasteiger partial charge in [0.05, 0.1) is 11.9 Å². The molecule has 0 unspecified atom stereocenters. The van der Waals surface area contributed by atoms with Gasteiger partial charge >= 0.3 is 0 Å². The van der Waals surface area contributed by atoms with Crippen LogP contribution in [0.2, 0.25) is 0 Å². The van der Waals surface area contributed by atoms with E-state index in [0.29, 0.717) is 5.92 Å². The Morgan fingerprint density at radius 2 is 2.11 bits per heavy atom. The van der Waals surface area contributed by atoms with Gasteiger partial charge in [-0.3, -0.25) is 9.78 Å². The quantitative estimate of drug-likeness (QED) is 0.859. The lowest BCUT2D eigenvalue weighted by Crippen LogP contribution is -2.29. The minimum absolute atomic E-state index is 0.123. The van der Waals surface area contributed by atoms with Gasteiger partial charge in [0.25, 0.3) is 0 Å². The van der Waals surface area contributed by atoms with E-state index in [1.54, 1.807) is 12.4 Å². The number of rotatable bonds is 3. The van der Waals surface area contributed by atoms with E-state index in [9.17, 15) is 4.79 Å². The third kappa shape index (κ3) is 3.29. The SMILES string of the molecule is Cc1cncc(NC(=O)C2CCC(CN)CC2)c1. The fourth-order valence-corrected chi connectivity index (χ4v) is 2.53. The normalized spacial score (nSPS) is 23.7. The first-order valence-electron chi connectivity index (χ1n) is 6.61. The number of nitrogens with zero attached hydrogens (tertiary/aromatic N) is 1. The number of aromatic nitrogens is 1. The summed E-state index contributed by atoms with van der Waals surface area (Å²) < 4.78 is 0. The molecular weight excluding hydrogens is 226 g/mol. The van der Waals surface area contributed by atoms with Crippen molar-refractivity contribution >= 4 is 11.6 Å². The van der Waals surface area contributed by atoms with Crippen LogP contribution in [0.25, 0.3) is 0 Å². The van der Waals surface area contributed by atoms with Crippen LogP contribution < -0.4 is 11.1 Å². The largest absolute Gasteiger partial charge is 0.330 e. The zero-order valence-electron chi connectivity index (χ0n) is 10.9. The van der Waals surface area contributed by atoms with E-state index < -0.39 is 0 Å². The number of hydrogen-bond donors (Lipinski definition) is 2. The van der Waals surface area contributed by atoms with Crippen molar-refractivity contribution in [3.63, 3.8) is 0 Å². The number of pyridine rings is 1. The average Bonchev–Trinajstić information content (AvgIpc) is 2.39. The zero-order chi connectivity index (χ0) is 13.0. The smallest absolute Gasteiger partial charge is 0.227 e. The number of carbonyl (C=O) groups is 1. The molecule has 0 aromatic carbocycles. The Morgan fingerprint density at radius 3 is 2.72 bits per heavy atom. The summed E-state index contributed by atoms with van der Waals surface area (Å²) in [4.78, 5) is 16.2. The molecule has 1 aromatic heterocycles. The summed E-state index contributed by atoms with van der Waals surface area (Å²) >= 11 is 0. The number of amides is 1. The van der Waals surface area contributed by atoms with Crippen LogP contribution in [-0.2, 0) is 4.79 Å². The number of nitrogens with two attached hydrogens (primary N) is 1. The van der Waals surface area contributed by atoms with Crippen LogP contribution in [-0.4, -0.2) is 17.4 Å². The topological polar surface area (TPSA) is 68.0 Å². The van der Waals surface area contributed by atoms with Gasteiger partial charge < -0.3 is 11.1 Å². The first-order chi connectivity index (χ1) is 8.69. The third-order valence-corrected chi connectivity index (χ3v) is 3.69. The predicted octanol–water partition coefficient (Wildman–Crippen LogP) is 2.09. The summed E-state index contributed by atoms with van der Waals surface area (Å²) in [6, 6.07) is 1.94. The van der Waals surface area contributed by atoms with Gasteiger partial charge in [-0.25, -0.2) is 0 Å². The number of anilines is 1. The molecule has 1 fully saturated rings. The molecule has 3 N–H and O–H groups in total. The van der Waals surface area contributed by atoms with Crippen LogP contribution in [0.5, 0.6) is 0 Å². The van der Waals surface area contributed by atoms with Gasteiger partial charge in [0.15, 0.2) is 0 Å². The zero-order valence-corrected chi connectivity index (χ0v) is 10.9. The fourth-order valence-electron chi connectivity index (χ4n) is 2.53. The van der Waals surface area contributed by atoms with Crippen LogP contribution in [0.15, 0.2) is 18.5 Å². The Morgan fingerprint density at radius 1 is 1.39 bits per heavy atom. The molecule has 4 nitrogen and oxygen atoms in total. The Labute approximate surface area is 108 Å². The van der Waals surface area contributed by atoms with Crippen LogP contribution in [0, 0.1) is 18.8 Å². The third-order valence-electron chi connectivity index (χ3n) is 3.69. The van der Waals surface area contributed by atoms with E-state index in [4.69, 9.17) is 5.73 Å². The van der Waals surface area contributed by atoms with Crippen molar-refractivity contribution in [2.24, 2.45) is 17.6 Å². The number of aryl methyl sites for hydroxylation is 1. The van der Waals surface area contributed by atoms with Crippen LogP contribution in [0.4, 0.5) is 5.69 Å². The second-order valence-corrected chi connectivity index (χ2v) is 5.19. The summed E-state index contributed by atoms with van der Waals surface area (Å²) in [5, 5.41) is 2.95. The van der Waals surface area contributed by atoms with Crippen LogP contribution >= 0.6 is 0 Å². The van der Waals surface area contributed by atoms with E-state index in [-0.39, 0.29) is 11.8 Å². The standard InChI is InChI=1S/C14H21N3O/c1-10-6-13(9-16-8-10)17-14(18)12-4-2-11(7-15)3-5-12/h6,8-9,11-12H,2-5,7,15H2,1H3,(H,17,18). The lowest BCUT2D eigenvalue weighted by atomic mass is 9.81. The van der Waals surface area contributed by atoms with Crippen LogP contribution in [0.3, 0.4) is 0 Å². The molecule has 4 heteroatoms. The number of nitrogens with one attached hydrogen (secondary N) is 1. The molecule has 1 saturated carbocycles. The van der Waals surface area contributed by atoms with E-state index in [0.717, 1.165) is 43.5 Å². The summed E-state index contributed by atoms with van der Waals surface area (Å²) in [7, 11) is 0. The van der Waals surface area contributed by atoms with E-state index in [2.05, 4.69) is 10.3 Å². The molecule has 98 valence electrons. The molecule has 1 aromatic rings. The van der Waals surface area contributed by atoms with Crippen molar-refractivity contribution in [2.75, 3.05) is 11.9 Å². The maximum absolute atomic E-state index is 12.1. The monoisotopic (exact) mass is 247 g/mol. The van der Waals surface area contributed by atoms with Crippen molar-refractivity contribution in [3.8, 4) is 0 Å². The predicted molar refractivity (Wildman–Crippen MR) is 72.1 cm³/mol. The van der Waals surface area contributed by atoms with E-state index >= 15 is 0 Å². The molecule has 1 aliphatic carbocycles. The van der Waals surface area contributed by atoms with Crippen molar-refractivity contribution in [1.29, 1.82) is 0 Å². The summed E-state index contributed by atoms with van der Waals surface area (Å²) in [5.74, 6) is 0.862. The molecule has 18 heavy (non-hydrogen) atoms. The van der Waals surface area contributed by atoms with Crippen LogP contribution in [0.1, 0.15) is 31.2 Å². The summed E-state index contributed by atoms with van der Waals surface area (Å²) in [6.07, 6.45) is 7.51. The lowest BCUT2D eigenvalue weighted by molar-refractivity contribution is -0.121. The minimum atomic E-state index is 0.123. The first-order valence-corrected chi connectivity index (χ1v) is 6.61. The first kappa shape index (κ1) is 13.0. The van der Waals surface area contributed by atoms with Gasteiger partial charge in [-0.15, -0.1) is 0 Å². The average molecular weight is 247 g/mol. The van der Waals surface area contributed by atoms with Crippen molar-refractivity contribution in [1.82, 2.24) is 4.98 Å². The maximum Gasteiger partial charge on any atom is 0.227 e. The van der Waals surface area contributed by atoms with E-state index in [1.165, 1.54) is 0 Å². The maximum atomic E-state index is 12.1. The minimum Gasteiger partial charge on any atom is -0.330 e. The highest BCUT2D eigenvalue weighted by atomic mass is 16.1. The highest BCUT2D eigenvalue weighted by Gasteiger charge is 2.25. The lowest BCUT2D eigenvalue weighted by Gasteiger charge is -2.26. The van der Waals surface area contributed by atoms with Gasteiger partial charge in [0.1, 0.15) is 0 Å². The number of carbonyl (C=O) groups excluding carboxylic acids is 1. The molecule has 1 heterocycles. The molecule has 0 radical (unpaired) electrons. The molecule has 2 rings (SSSR count). The molecule has 0 bridgehead atoms. The van der Waals surface area contributed by atoms with Gasteiger partial charge in [0, 0.05) is 12.1 Å². The van der Waals surface area contributed by atoms with Crippen molar-refractivity contribution in [2.45, 2.75) is 32.6 Å². The second kappa shape index (κ2) is 5.96.